The second-order valence-corrected chi connectivity index (χ2v) is 6.54. The summed E-state index contributed by atoms with van der Waals surface area (Å²) in [7, 11) is 0. The normalized spacial score (nSPS) is 12.4. The summed E-state index contributed by atoms with van der Waals surface area (Å²) in [6, 6.07) is 10.1. The van der Waals surface area contributed by atoms with E-state index >= 15 is 0 Å². The van der Waals surface area contributed by atoms with Crippen LogP contribution >= 0.6 is 39.1 Å². The highest BCUT2D eigenvalue weighted by Crippen LogP contribution is 2.23. The average molecular weight is 392 g/mol. The minimum Gasteiger partial charge on any atom is -0.271 e. The minimum atomic E-state index is -0.278. The lowest BCUT2D eigenvalue weighted by Gasteiger charge is -2.17. The first-order chi connectivity index (χ1) is 9.97. The van der Waals surface area contributed by atoms with Crippen LogP contribution in [0.4, 0.5) is 4.39 Å². The molecule has 1 unspecified atom stereocenters. The maximum Gasteiger partial charge on any atom is 0.124 e. The van der Waals surface area contributed by atoms with Crippen LogP contribution in [0.5, 0.6) is 0 Å². The molecule has 2 aromatic carbocycles. The molecular formula is C15H14BrCl2FN2. The zero-order valence-corrected chi connectivity index (χ0v) is 14.1. The van der Waals surface area contributed by atoms with Crippen LogP contribution in [0.25, 0.3) is 0 Å². The average Bonchev–Trinajstić information content (AvgIpc) is 2.39. The molecule has 2 nitrogen and oxygen atoms in total. The standard InChI is InChI=1S/C15H14BrCl2FN2/c16-11-3-9(4-13(19)7-11)5-14(21-20)6-10-1-2-12(17)8-15(10)18/h1-4,7-8,14,21H,5-6,20H2. The van der Waals surface area contributed by atoms with Crippen molar-refractivity contribution < 1.29 is 4.39 Å². The van der Waals surface area contributed by atoms with E-state index in [-0.39, 0.29) is 11.9 Å². The molecule has 2 rings (SSSR count). The van der Waals surface area contributed by atoms with E-state index in [1.54, 1.807) is 12.1 Å². The molecule has 0 aliphatic rings. The first-order valence-corrected chi connectivity index (χ1v) is 7.88. The Kier molecular flexibility index (Phi) is 6.02. The summed E-state index contributed by atoms with van der Waals surface area (Å²) in [6.07, 6.45) is 1.21. The second-order valence-electron chi connectivity index (χ2n) is 4.79. The van der Waals surface area contributed by atoms with Crippen LogP contribution in [0.15, 0.2) is 40.9 Å². The summed E-state index contributed by atoms with van der Waals surface area (Å²) in [4.78, 5) is 0. The SMILES string of the molecule is NNC(Cc1cc(F)cc(Br)c1)Cc1ccc(Cl)cc1Cl. The van der Waals surface area contributed by atoms with E-state index in [1.807, 2.05) is 12.1 Å². The van der Waals surface area contributed by atoms with E-state index in [9.17, 15) is 4.39 Å². The maximum atomic E-state index is 13.4. The molecule has 0 aliphatic heterocycles. The fourth-order valence-electron chi connectivity index (χ4n) is 2.16. The Bertz CT molecular complexity index is 617. The number of hydrogen-bond acceptors (Lipinski definition) is 2. The zero-order valence-electron chi connectivity index (χ0n) is 11.0. The molecule has 6 heteroatoms. The Labute approximate surface area is 141 Å². The quantitative estimate of drug-likeness (QED) is 0.581. The smallest absolute Gasteiger partial charge is 0.124 e. The first-order valence-electron chi connectivity index (χ1n) is 6.33. The lowest BCUT2D eigenvalue weighted by molar-refractivity contribution is 0.520. The Morgan fingerprint density at radius 2 is 1.90 bits per heavy atom. The Morgan fingerprint density at radius 1 is 1.14 bits per heavy atom. The van der Waals surface area contributed by atoms with Crippen LogP contribution in [0.1, 0.15) is 11.1 Å². The molecule has 3 N–H and O–H groups in total. The van der Waals surface area contributed by atoms with Crippen molar-refractivity contribution in [2.45, 2.75) is 18.9 Å². The van der Waals surface area contributed by atoms with Gasteiger partial charge in [-0.15, -0.1) is 0 Å². The molecule has 0 aliphatic carbocycles. The highest BCUT2D eigenvalue weighted by Gasteiger charge is 2.12. The molecule has 1 atom stereocenters. The minimum absolute atomic E-state index is 0.0580. The van der Waals surface area contributed by atoms with Crippen LogP contribution in [0, 0.1) is 5.82 Å². The molecule has 0 saturated carbocycles. The van der Waals surface area contributed by atoms with E-state index in [0.717, 1.165) is 11.1 Å². The number of benzene rings is 2. The van der Waals surface area contributed by atoms with Gasteiger partial charge >= 0.3 is 0 Å². The van der Waals surface area contributed by atoms with Gasteiger partial charge in [-0.3, -0.25) is 11.3 Å². The molecule has 0 spiro atoms. The fraction of sp³-hybridized carbons (Fsp3) is 0.200. The molecule has 21 heavy (non-hydrogen) atoms. The van der Waals surface area contributed by atoms with E-state index in [0.29, 0.717) is 27.4 Å². The lowest BCUT2D eigenvalue weighted by atomic mass is 9.99. The van der Waals surface area contributed by atoms with Gasteiger partial charge in [0.25, 0.3) is 0 Å². The van der Waals surface area contributed by atoms with Crippen molar-refractivity contribution in [3.63, 3.8) is 0 Å². The largest absolute Gasteiger partial charge is 0.271 e. The first kappa shape index (κ1) is 16.7. The van der Waals surface area contributed by atoms with Gasteiger partial charge in [0.1, 0.15) is 5.82 Å². The summed E-state index contributed by atoms with van der Waals surface area (Å²) in [6.45, 7) is 0. The highest BCUT2D eigenvalue weighted by atomic mass is 79.9. The fourth-order valence-corrected chi connectivity index (χ4v) is 3.15. The predicted molar refractivity (Wildman–Crippen MR) is 89.1 cm³/mol. The van der Waals surface area contributed by atoms with Crippen molar-refractivity contribution in [3.05, 3.63) is 67.9 Å². The molecule has 0 saturated heterocycles. The van der Waals surface area contributed by atoms with Gasteiger partial charge in [-0.1, -0.05) is 45.2 Å². The molecule has 2 aromatic rings. The maximum absolute atomic E-state index is 13.4. The summed E-state index contributed by atoms with van der Waals surface area (Å²) < 4.78 is 14.1. The van der Waals surface area contributed by atoms with Crippen LogP contribution < -0.4 is 11.3 Å². The van der Waals surface area contributed by atoms with Gasteiger partial charge in [-0.25, -0.2) is 4.39 Å². The van der Waals surface area contributed by atoms with Crippen molar-refractivity contribution in [2.75, 3.05) is 0 Å². The van der Waals surface area contributed by atoms with Crippen LogP contribution in [-0.2, 0) is 12.8 Å². The monoisotopic (exact) mass is 390 g/mol. The van der Waals surface area contributed by atoms with Gasteiger partial charge in [0.2, 0.25) is 0 Å². The van der Waals surface area contributed by atoms with E-state index in [1.165, 1.54) is 12.1 Å². The van der Waals surface area contributed by atoms with Gasteiger partial charge in [0.15, 0.2) is 0 Å². The summed E-state index contributed by atoms with van der Waals surface area (Å²) >= 11 is 15.3. The number of rotatable bonds is 5. The van der Waals surface area contributed by atoms with Gasteiger partial charge in [-0.05, 0) is 54.3 Å². The van der Waals surface area contributed by atoms with Crippen molar-refractivity contribution >= 4 is 39.1 Å². The molecule has 0 bridgehead atoms. The number of hydrogen-bond donors (Lipinski definition) is 2. The number of hydrazine groups is 1. The molecular weight excluding hydrogens is 378 g/mol. The van der Waals surface area contributed by atoms with Crippen molar-refractivity contribution in [1.82, 2.24) is 5.43 Å². The molecule has 0 aromatic heterocycles. The van der Waals surface area contributed by atoms with Crippen molar-refractivity contribution in [2.24, 2.45) is 5.84 Å². The van der Waals surface area contributed by atoms with Gasteiger partial charge in [-0.2, -0.15) is 0 Å². The highest BCUT2D eigenvalue weighted by molar-refractivity contribution is 9.10. The number of nitrogens with one attached hydrogen (secondary N) is 1. The van der Waals surface area contributed by atoms with Crippen molar-refractivity contribution in [3.8, 4) is 0 Å². The third kappa shape index (κ3) is 4.94. The van der Waals surface area contributed by atoms with Gasteiger partial charge < -0.3 is 0 Å². The second kappa shape index (κ2) is 7.56. The van der Waals surface area contributed by atoms with Gasteiger partial charge in [0.05, 0.1) is 0 Å². The van der Waals surface area contributed by atoms with E-state index in [2.05, 4.69) is 21.4 Å². The van der Waals surface area contributed by atoms with E-state index in [4.69, 9.17) is 29.0 Å². The number of halogens is 4. The third-order valence-corrected chi connectivity index (χ3v) is 4.17. The molecule has 0 heterocycles. The van der Waals surface area contributed by atoms with Gasteiger partial charge in [0, 0.05) is 20.6 Å². The third-order valence-electron chi connectivity index (χ3n) is 3.12. The Balaban J connectivity index is 2.12. The molecule has 112 valence electrons. The molecule has 0 amide bonds. The van der Waals surface area contributed by atoms with E-state index < -0.39 is 0 Å². The topological polar surface area (TPSA) is 38.0 Å². The summed E-state index contributed by atoms with van der Waals surface area (Å²) in [5.41, 5.74) is 4.55. The summed E-state index contributed by atoms with van der Waals surface area (Å²) in [5.74, 6) is 5.32. The zero-order chi connectivity index (χ0) is 15.4. The molecule has 0 fully saturated rings. The van der Waals surface area contributed by atoms with Crippen LogP contribution in [-0.4, -0.2) is 6.04 Å². The Hall–Kier alpha value is -0.650. The van der Waals surface area contributed by atoms with Crippen molar-refractivity contribution in [1.29, 1.82) is 0 Å². The molecule has 0 radical (unpaired) electrons. The number of nitrogens with two attached hydrogens (primary N) is 1. The Morgan fingerprint density at radius 3 is 2.52 bits per heavy atom. The lowest BCUT2D eigenvalue weighted by Crippen LogP contribution is -2.38. The van der Waals surface area contributed by atoms with Crippen LogP contribution in [0.2, 0.25) is 10.0 Å². The summed E-state index contributed by atoms with van der Waals surface area (Å²) in [5, 5.41) is 1.19. The van der Waals surface area contributed by atoms with Crippen LogP contribution in [0.3, 0.4) is 0 Å². The predicted octanol–water partition coefficient (Wildman–Crippen LogP) is 4.51.